The summed E-state index contributed by atoms with van der Waals surface area (Å²) >= 11 is 0. The summed E-state index contributed by atoms with van der Waals surface area (Å²) in [5.74, 6) is 0.930. The van der Waals surface area contributed by atoms with E-state index < -0.39 is 0 Å². The first-order valence-electron chi connectivity index (χ1n) is 5.23. The molecule has 0 fully saturated rings. The van der Waals surface area contributed by atoms with Crippen LogP contribution in [-0.2, 0) is 0 Å². The van der Waals surface area contributed by atoms with Gasteiger partial charge >= 0.3 is 0 Å². The van der Waals surface area contributed by atoms with Crippen LogP contribution in [0.15, 0.2) is 18.3 Å². The van der Waals surface area contributed by atoms with Crippen LogP contribution in [0.5, 0.6) is 0 Å². The summed E-state index contributed by atoms with van der Waals surface area (Å²) < 4.78 is 0. The number of anilines is 1. The Hall–Kier alpha value is -1.09. The number of aromatic nitrogens is 1. The zero-order valence-corrected chi connectivity index (χ0v) is 8.96. The largest absolute Gasteiger partial charge is 0.370 e. The molecule has 0 spiro atoms. The lowest BCUT2D eigenvalue weighted by Crippen LogP contribution is -2.09. The molecule has 0 amide bonds. The summed E-state index contributed by atoms with van der Waals surface area (Å²) in [6.07, 6.45) is 3.91. The summed E-state index contributed by atoms with van der Waals surface area (Å²) in [7, 11) is 0. The first-order valence-corrected chi connectivity index (χ1v) is 5.23. The Bertz CT molecular complexity index is 256. The van der Waals surface area contributed by atoms with Crippen LogP contribution in [0, 0.1) is 0 Å². The van der Waals surface area contributed by atoms with Crippen LogP contribution in [-0.4, -0.2) is 11.5 Å². The first-order chi connectivity index (χ1) is 6.77. The average molecular weight is 193 g/mol. The molecule has 0 saturated carbocycles. The monoisotopic (exact) mass is 193 g/mol. The number of nitrogens with two attached hydrogens (primary N) is 1. The van der Waals surface area contributed by atoms with Crippen LogP contribution in [0.25, 0.3) is 0 Å². The van der Waals surface area contributed by atoms with Gasteiger partial charge in [0.15, 0.2) is 0 Å². The van der Waals surface area contributed by atoms with Gasteiger partial charge in [0.1, 0.15) is 5.82 Å². The summed E-state index contributed by atoms with van der Waals surface area (Å²) in [6, 6.07) is 4.14. The molecule has 14 heavy (non-hydrogen) atoms. The zero-order valence-electron chi connectivity index (χ0n) is 8.96. The van der Waals surface area contributed by atoms with Crippen molar-refractivity contribution in [2.45, 2.75) is 32.7 Å². The van der Waals surface area contributed by atoms with Crippen molar-refractivity contribution >= 4 is 5.82 Å². The van der Waals surface area contributed by atoms with Crippen molar-refractivity contribution in [2.75, 3.05) is 11.9 Å². The highest BCUT2D eigenvalue weighted by molar-refractivity contribution is 5.35. The molecule has 0 unspecified atom stereocenters. The molecule has 0 aromatic carbocycles. The van der Waals surface area contributed by atoms with Gasteiger partial charge in [-0.15, -0.1) is 0 Å². The summed E-state index contributed by atoms with van der Waals surface area (Å²) in [5.41, 5.74) is 6.99. The van der Waals surface area contributed by atoms with Crippen LogP contribution in [0.1, 0.15) is 38.3 Å². The molecule has 0 aliphatic heterocycles. The van der Waals surface area contributed by atoms with Crippen LogP contribution in [0.4, 0.5) is 5.82 Å². The topological polar surface area (TPSA) is 50.9 Å². The molecule has 1 atom stereocenters. The van der Waals surface area contributed by atoms with Crippen molar-refractivity contribution in [1.29, 1.82) is 0 Å². The van der Waals surface area contributed by atoms with Gasteiger partial charge in [-0.1, -0.05) is 19.9 Å². The molecule has 1 heterocycles. The van der Waals surface area contributed by atoms with Gasteiger partial charge < -0.3 is 11.1 Å². The van der Waals surface area contributed by atoms with Crippen molar-refractivity contribution < 1.29 is 0 Å². The summed E-state index contributed by atoms with van der Waals surface area (Å²) in [5, 5.41) is 3.23. The van der Waals surface area contributed by atoms with E-state index >= 15 is 0 Å². The molecular weight excluding hydrogens is 174 g/mol. The molecule has 0 bridgehead atoms. The lowest BCUT2D eigenvalue weighted by Gasteiger charge is -2.09. The van der Waals surface area contributed by atoms with E-state index in [1.54, 1.807) is 0 Å². The van der Waals surface area contributed by atoms with Crippen LogP contribution >= 0.6 is 0 Å². The predicted octanol–water partition coefficient (Wildman–Crippen LogP) is 2.31. The lowest BCUT2D eigenvalue weighted by molar-refractivity contribution is 0.695. The Morgan fingerprint density at radius 2 is 2.21 bits per heavy atom. The van der Waals surface area contributed by atoms with Gasteiger partial charge in [0.25, 0.3) is 0 Å². The van der Waals surface area contributed by atoms with Crippen molar-refractivity contribution in [3.05, 3.63) is 23.9 Å². The molecule has 0 aliphatic rings. The highest BCUT2D eigenvalue weighted by Crippen LogP contribution is 2.13. The fourth-order valence-electron chi connectivity index (χ4n) is 1.22. The lowest BCUT2D eigenvalue weighted by atomic mass is 10.1. The van der Waals surface area contributed by atoms with Gasteiger partial charge in [-0.05, 0) is 24.5 Å². The molecule has 0 radical (unpaired) electrons. The van der Waals surface area contributed by atoms with E-state index in [0.717, 1.165) is 30.8 Å². The van der Waals surface area contributed by atoms with Crippen molar-refractivity contribution in [2.24, 2.45) is 5.73 Å². The number of pyridine rings is 1. The SMILES string of the molecule is CCCNc1ccc([C@H](N)CC)cn1. The number of hydrogen-bond acceptors (Lipinski definition) is 3. The molecule has 78 valence electrons. The van der Waals surface area contributed by atoms with Gasteiger partial charge in [0.2, 0.25) is 0 Å². The molecule has 0 aliphatic carbocycles. The van der Waals surface area contributed by atoms with E-state index in [1.807, 2.05) is 18.3 Å². The number of nitrogens with zero attached hydrogens (tertiary/aromatic N) is 1. The van der Waals surface area contributed by atoms with Gasteiger partial charge in [0, 0.05) is 18.8 Å². The van der Waals surface area contributed by atoms with E-state index in [-0.39, 0.29) is 6.04 Å². The number of hydrogen-bond donors (Lipinski definition) is 2. The molecule has 3 N–H and O–H groups in total. The number of rotatable bonds is 5. The second kappa shape index (κ2) is 5.60. The molecule has 1 aromatic rings. The Labute approximate surface area is 85.7 Å². The van der Waals surface area contributed by atoms with Crippen LogP contribution in [0.2, 0.25) is 0 Å². The van der Waals surface area contributed by atoms with Crippen LogP contribution < -0.4 is 11.1 Å². The second-order valence-corrected chi connectivity index (χ2v) is 3.42. The van der Waals surface area contributed by atoms with Gasteiger partial charge in [-0.25, -0.2) is 4.98 Å². The first kappa shape index (κ1) is 11.0. The van der Waals surface area contributed by atoms with Crippen LogP contribution in [0.3, 0.4) is 0 Å². The van der Waals surface area contributed by atoms with E-state index in [0.29, 0.717) is 0 Å². The third kappa shape index (κ3) is 3.00. The number of nitrogens with one attached hydrogen (secondary N) is 1. The fourth-order valence-corrected chi connectivity index (χ4v) is 1.22. The third-order valence-corrected chi connectivity index (χ3v) is 2.21. The van der Waals surface area contributed by atoms with E-state index in [4.69, 9.17) is 5.73 Å². The quantitative estimate of drug-likeness (QED) is 0.754. The van der Waals surface area contributed by atoms with Gasteiger partial charge in [0.05, 0.1) is 0 Å². The maximum Gasteiger partial charge on any atom is 0.125 e. The Morgan fingerprint density at radius 1 is 1.43 bits per heavy atom. The fraction of sp³-hybridized carbons (Fsp3) is 0.545. The van der Waals surface area contributed by atoms with E-state index in [9.17, 15) is 0 Å². The van der Waals surface area contributed by atoms with E-state index in [2.05, 4.69) is 24.1 Å². The van der Waals surface area contributed by atoms with Gasteiger partial charge in [-0.3, -0.25) is 0 Å². The van der Waals surface area contributed by atoms with Gasteiger partial charge in [-0.2, -0.15) is 0 Å². The maximum absolute atomic E-state index is 5.88. The second-order valence-electron chi connectivity index (χ2n) is 3.42. The average Bonchev–Trinajstić information content (AvgIpc) is 2.26. The van der Waals surface area contributed by atoms with Crippen molar-refractivity contribution in [1.82, 2.24) is 4.98 Å². The highest BCUT2D eigenvalue weighted by Gasteiger charge is 2.02. The molecular formula is C11H19N3. The summed E-state index contributed by atoms with van der Waals surface area (Å²) in [4.78, 5) is 4.29. The molecule has 3 nitrogen and oxygen atoms in total. The minimum atomic E-state index is 0.114. The van der Waals surface area contributed by atoms with Crippen molar-refractivity contribution in [3.63, 3.8) is 0 Å². The Kier molecular flexibility index (Phi) is 4.40. The smallest absolute Gasteiger partial charge is 0.125 e. The normalized spacial score (nSPS) is 12.5. The molecule has 0 saturated heterocycles. The standard InChI is InChI=1S/C11H19N3/c1-3-7-13-11-6-5-9(8-14-11)10(12)4-2/h5-6,8,10H,3-4,7,12H2,1-2H3,(H,13,14)/t10-/m1/s1. The predicted molar refractivity (Wildman–Crippen MR) is 60.2 cm³/mol. The molecule has 1 rings (SSSR count). The minimum absolute atomic E-state index is 0.114. The maximum atomic E-state index is 5.88. The minimum Gasteiger partial charge on any atom is -0.370 e. The Morgan fingerprint density at radius 3 is 2.71 bits per heavy atom. The Balaban J connectivity index is 2.59. The zero-order chi connectivity index (χ0) is 10.4. The highest BCUT2D eigenvalue weighted by atomic mass is 15.0. The molecule has 3 heteroatoms. The molecule has 1 aromatic heterocycles. The van der Waals surface area contributed by atoms with Crippen molar-refractivity contribution in [3.8, 4) is 0 Å². The van der Waals surface area contributed by atoms with E-state index in [1.165, 1.54) is 0 Å². The third-order valence-electron chi connectivity index (χ3n) is 2.21. The summed E-state index contributed by atoms with van der Waals surface area (Å²) in [6.45, 7) is 5.18.